The van der Waals surface area contributed by atoms with Crippen LogP contribution in [-0.4, -0.2) is 21.6 Å². The van der Waals surface area contributed by atoms with Gasteiger partial charge in [0.25, 0.3) is 5.91 Å². The quantitative estimate of drug-likeness (QED) is 0.413. The van der Waals surface area contributed by atoms with E-state index in [1.807, 2.05) is 32.9 Å². The van der Waals surface area contributed by atoms with Crippen molar-refractivity contribution >= 4 is 22.5 Å². The Morgan fingerprint density at radius 2 is 2.06 bits per heavy atom. The lowest BCUT2D eigenvalue weighted by atomic mass is 9.69. The van der Waals surface area contributed by atoms with Crippen molar-refractivity contribution in [3.05, 3.63) is 52.5 Å². The van der Waals surface area contributed by atoms with E-state index in [1.54, 1.807) is 6.07 Å². The Hall–Kier alpha value is -2.86. The first-order chi connectivity index (χ1) is 15.1. The molecule has 0 aliphatic heterocycles. The van der Waals surface area contributed by atoms with E-state index in [2.05, 4.69) is 11.9 Å². The molecule has 6 N–H and O–H groups in total. The zero-order chi connectivity index (χ0) is 23.4. The summed E-state index contributed by atoms with van der Waals surface area (Å²) in [5.41, 5.74) is 16.2. The number of nitrogens with one attached hydrogen (secondary N) is 1. The summed E-state index contributed by atoms with van der Waals surface area (Å²) in [7, 11) is 0. The van der Waals surface area contributed by atoms with Gasteiger partial charge in [0.2, 0.25) is 0 Å². The van der Waals surface area contributed by atoms with Crippen molar-refractivity contribution in [1.29, 1.82) is 0 Å². The van der Waals surface area contributed by atoms with Crippen molar-refractivity contribution < 1.29 is 14.3 Å². The molecule has 1 heterocycles. The van der Waals surface area contributed by atoms with Crippen LogP contribution in [0.25, 0.3) is 22.0 Å². The topological polar surface area (TPSA) is 105 Å². The number of aryl methyl sites for hydroxylation is 1. The van der Waals surface area contributed by atoms with Gasteiger partial charge in [-0.1, -0.05) is 25.5 Å². The largest absolute Gasteiger partial charge is 0.398 e. The van der Waals surface area contributed by atoms with Crippen LogP contribution >= 0.6 is 0 Å². The number of H-pyrrole nitrogens is 1. The lowest BCUT2D eigenvalue weighted by Crippen LogP contribution is -2.38. The Kier molecular flexibility index (Phi) is 5.53. The van der Waals surface area contributed by atoms with Crippen molar-refractivity contribution in [3.8, 4) is 11.1 Å². The zero-order valence-electron chi connectivity index (χ0n) is 19.2. The second-order valence-electron chi connectivity index (χ2n) is 9.63. The third kappa shape index (κ3) is 3.47. The number of anilines is 1. The summed E-state index contributed by atoms with van der Waals surface area (Å²) in [4.78, 5) is 15.7. The number of fused-ring (bicyclic) bond motifs is 3. The number of aromatic nitrogens is 1. The van der Waals surface area contributed by atoms with E-state index >= 15 is 4.39 Å². The molecule has 0 spiro atoms. The highest BCUT2D eigenvalue weighted by atomic mass is 19.1. The molecule has 5 nitrogen and oxygen atoms in total. The summed E-state index contributed by atoms with van der Waals surface area (Å²) < 4.78 is 15.6. The maximum Gasteiger partial charge on any atom is 0.250 e. The highest BCUT2D eigenvalue weighted by Gasteiger charge is 2.40. The fraction of sp³-hybridized carbons (Fsp3) is 0.423. The molecule has 1 aromatic heterocycles. The van der Waals surface area contributed by atoms with Crippen molar-refractivity contribution in [2.75, 3.05) is 5.73 Å². The molecule has 3 aromatic rings. The third-order valence-corrected chi connectivity index (χ3v) is 7.15. The minimum atomic E-state index is -0.847. The number of aliphatic hydroxyl groups is 1. The molecule has 32 heavy (non-hydrogen) atoms. The van der Waals surface area contributed by atoms with E-state index < -0.39 is 17.3 Å². The molecular formula is C26H32FN3O2. The number of primary amides is 1. The number of amides is 1. The van der Waals surface area contributed by atoms with Gasteiger partial charge in [0.1, 0.15) is 5.82 Å². The Morgan fingerprint density at radius 3 is 2.69 bits per heavy atom. The summed E-state index contributed by atoms with van der Waals surface area (Å²) >= 11 is 0. The standard InChI is InChI=1S/C26H32FN3O2/c1-5-7-15-18(26(3,4)32)11-10-16-22-21(14-8-6-9-20(28)13(14)2)19(27)12-17(25(29)31)24(22)30-23(15)16/h6,8-9,12,15,18,30,32H,5,7,10-11,28H2,1-4H3,(H2,29,31)/t15?,18-/m0/s1. The van der Waals surface area contributed by atoms with Crippen LogP contribution < -0.4 is 11.5 Å². The summed E-state index contributed by atoms with van der Waals surface area (Å²) in [6.45, 7) is 7.70. The van der Waals surface area contributed by atoms with Gasteiger partial charge in [-0.3, -0.25) is 4.79 Å². The van der Waals surface area contributed by atoms with E-state index in [1.165, 1.54) is 6.07 Å². The highest BCUT2D eigenvalue weighted by molar-refractivity contribution is 6.11. The molecule has 2 atom stereocenters. The van der Waals surface area contributed by atoms with E-state index in [9.17, 15) is 9.90 Å². The predicted molar refractivity (Wildman–Crippen MR) is 127 cm³/mol. The molecule has 0 fully saturated rings. The smallest absolute Gasteiger partial charge is 0.250 e. The minimum Gasteiger partial charge on any atom is -0.398 e. The van der Waals surface area contributed by atoms with Crippen molar-refractivity contribution in [2.24, 2.45) is 11.7 Å². The number of hydrogen-bond acceptors (Lipinski definition) is 3. The van der Waals surface area contributed by atoms with Crippen LogP contribution in [0.2, 0.25) is 0 Å². The van der Waals surface area contributed by atoms with Gasteiger partial charge in [-0.2, -0.15) is 0 Å². The fourth-order valence-electron chi connectivity index (χ4n) is 5.59. The predicted octanol–water partition coefficient (Wildman–Crippen LogP) is 5.18. The molecule has 0 saturated carbocycles. The van der Waals surface area contributed by atoms with Crippen LogP contribution in [0.5, 0.6) is 0 Å². The SMILES string of the molecule is CCCC1c2[nH]c3c(C(N)=O)cc(F)c(-c4cccc(N)c4C)c3c2CC[C@@H]1C(C)(C)O. The molecule has 1 amide bonds. The number of carbonyl (C=O) groups is 1. The molecule has 1 unspecified atom stereocenters. The maximum atomic E-state index is 15.6. The second kappa shape index (κ2) is 7.93. The Bertz CT molecular complexity index is 1210. The van der Waals surface area contributed by atoms with Crippen LogP contribution in [0, 0.1) is 18.7 Å². The van der Waals surface area contributed by atoms with Crippen LogP contribution in [0.1, 0.15) is 73.1 Å². The monoisotopic (exact) mass is 437 g/mol. The average Bonchev–Trinajstić information content (AvgIpc) is 3.09. The fourth-order valence-corrected chi connectivity index (χ4v) is 5.59. The van der Waals surface area contributed by atoms with E-state index in [-0.39, 0.29) is 17.4 Å². The number of nitrogens with two attached hydrogens (primary N) is 2. The Balaban J connectivity index is 2.09. The van der Waals surface area contributed by atoms with Gasteiger partial charge in [-0.15, -0.1) is 0 Å². The number of hydrogen-bond donors (Lipinski definition) is 4. The van der Waals surface area contributed by atoms with Crippen LogP contribution in [0.3, 0.4) is 0 Å². The van der Waals surface area contributed by atoms with Gasteiger partial charge in [-0.25, -0.2) is 4.39 Å². The van der Waals surface area contributed by atoms with Crippen molar-refractivity contribution in [2.45, 2.75) is 64.9 Å². The summed E-state index contributed by atoms with van der Waals surface area (Å²) in [5, 5.41) is 11.6. The number of aromatic amines is 1. The number of carbonyl (C=O) groups excluding carboxylic acids is 1. The van der Waals surface area contributed by atoms with Crippen molar-refractivity contribution in [1.82, 2.24) is 4.98 Å². The van der Waals surface area contributed by atoms with E-state index in [0.717, 1.165) is 36.1 Å². The number of nitrogen functional groups attached to an aromatic ring is 1. The first-order valence-electron chi connectivity index (χ1n) is 11.3. The summed E-state index contributed by atoms with van der Waals surface area (Å²) in [6.07, 6.45) is 3.30. The molecule has 170 valence electrons. The highest BCUT2D eigenvalue weighted by Crippen LogP contribution is 2.49. The van der Waals surface area contributed by atoms with Gasteiger partial charge in [0, 0.05) is 28.2 Å². The van der Waals surface area contributed by atoms with Crippen LogP contribution in [0.15, 0.2) is 24.3 Å². The lowest BCUT2D eigenvalue weighted by molar-refractivity contribution is -0.00449. The van der Waals surface area contributed by atoms with Gasteiger partial charge < -0.3 is 21.6 Å². The number of rotatable bonds is 5. The molecule has 2 aromatic carbocycles. The molecule has 0 radical (unpaired) electrons. The van der Waals surface area contributed by atoms with Crippen molar-refractivity contribution in [3.63, 3.8) is 0 Å². The van der Waals surface area contributed by atoms with E-state index in [0.29, 0.717) is 34.1 Å². The second-order valence-corrected chi connectivity index (χ2v) is 9.63. The summed E-state index contributed by atoms with van der Waals surface area (Å²) in [5.74, 6) is -1.02. The maximum absolute atomic E-state index is 15.6. The first-order valence-corrected chi connectivity index (χ1v) is 11.3. The lowest BCUT2D eigenvalue weighted by Gasteiger charge is -2.39. The van der Waals surface area contributed by atoms with E-state index in [4.69, 9.17) is 11.5 Å². The van der Waals surface area contributed by atoms with Gasteiger partial charge >= 0.3 is 0 Å². The summed E-state index contributed by atoms with van der Waals surface area (Å²) in [6, 6.07) is 6.70. The Morgan fingerprint density at radius 1 is 1.34 bits per heavy atom. The van der Waals surface area contributed by atoms with Gasteiger partial charge in [-0.05, 0) is 74.8 Å². The van der Waals surface area contributed by atoms with Crippen LogP contribution in [-0.2, 0) is 6.42 Å². The molecule has 4 rings (SSSR count). The molecule has 6 heteroatoms. The molecule has 1 aliphatic rings. The number of halogens is 1. The Labute approximate surface area is 188 Å². The number of benzene rings is 2. The third-order valence-electron chi connectivity index (χ3n) is 7.15. The molecular weight excluding hydrogens is 405 g/mol. The molecule has 0 saturated heterocycles. The van der Waals surface area contributed by atoms with Gasteiger partial charge in [0.05, 0.1) is 16.7 Å². The average molecular weight is 438 g/mol. The van der Waals surface area contributed by atoms with Gasteiger partial charge in [0.15, 0.2) is 0 Å². The normalized spacial score (nSPS) is 18.7. The molecule has 1 aliphatic carbocycles. The minimum absolute atomic E-state index is 0.0578. The molecule has 0 bridgehead atoms. The zero-order valence-corrected chi connectivity index (χ0v) is 19.2. The first kappa shape index (κ1) is 22.3. The van der Waals surface area contributed by atoms with Crippen LogP contribution in [0.4, 0.5) is 10.1 Å².